The van der Waals surface area contributed by atoms with Crippen molar-refractivity contribution < 1.29 is 9.53 Å². The van der Waals surface area contributed by atoms with Crippen LogP contribution in [0.2, 0.25) is 0 Å². The van der Waals surface area contributed by atoms with Gasteiger partial charge in [0, 0.05) is 17.9 Å². The predicted octanol–water partition coefficient (Wildman–Crippen LogP) is 4.46. The molecule has 4 rings (SSSR count). The number of anilines is 1. The van der Waals surface area contributed by atoms with Gasteiger partial charge in [0.15, 0.2) is 5.13 Å². The van der Waals surface area contributed by atoms with Gasteiger partial charge in [-0.1, -0.05) is 12.1 Å². The van der Waals surface area contributed by atoms with Gasteiger partial charge in [-0.3, -0.25) is 10.1 Å². The van der Waals surface area contributed by atoms with E-state index in [2.05, 4.69) is 16.4 Å². The molecule has 1 N–H and O–H groups in total. The molecule has 1 amide bonds. The second kappa shape index (κ2) is 6.59. The summed E-state index contributed by atoms with van der Waals surface area (Å²) in [5.74, 6) is 0.763. The smallest absolute Gasteiger partial charge is 0.250 e. The number of thiophene rings is 1. The van der Waals surface area contributed by atoms with Crippen molar-refractivity contribution in [2.45, 2.75) is 6.42 Å². The Hall–Kier alpha value is -2.44. The van der Waals surface area contributed by atoms with Crippen molar-refractivity contribution in [3.8, 4) is 16.3 Å². The van der Waals surface area contributed by atoms with Gasteiger partial charge < -0.3 is 4.74 Å². The minimum Gasteiger partial charge on any atom is -0.493 e. The lowest BCUT2D eigenvalue weighted by molar-refractivity contribution is -0.111. The van der Waals surface area contributed by atoms with Crippen LogP contribution >= 0.6 is 22.7 Å². The van der Waals surface area contributed by atoms with Crippen molar-refractivity contribution in [1.29, 1.82) is 0 Å². The molecule has 0 unspecified atom stereocenters. The van der Waals surface area contributed by atoms with Crippen LogP contribution in [0.25, 0.3) is 16.6 Å². The lowest BCUT2D eigenvalue weighted by atomic mass is 10.1. The highest BCUT2D eigenvalue weighted by Crippen LogP contribution is 2.28. The van der Waals surface area contributed by atoms with Crippen molar-refractivity contribution in [3.63, 3.8) is 0 Å². The number of carbonyl (C=O) groups is 1. The molecule has 0 aliphatic carbocycles. The first-order valence-electron chi connectivity index (χ1n) is 7.52. The zero-order valence-corrected chi connectivity index (χ0v) is 14.3. The Balaban J connectivity index is 1.41. The van der Waals surface area contributed by atoms with Gasteiger partial charge in [0.25, 0.3) is 0 Å². The van der Waals surface area contributed by atoms with Gasteiger partial charge in [-0.25, -0.2) is 4.98 Å². The summed E-state index contributed by atoms with van der Waals surface area (Å²) in [7, 11) is 0. The van der Waals surface area contributed by atoms with Crippen molar-refractivity contribution in [3.05, 3.63) is 58.3 Å². The van der Waals surface area contributed by atoms with Crippen LogP contribution in [0.3, 0.4) is 0 Å². The number of fused-ring (bicyclic) bond motifs is 1. The summed E-state index contributed by atoms with van der Waals surface area (Å²) in [6.45, 7) is 0.736. The molecule has 3 aromatic rings. The number of hydrogen-bond acceptors (Lipinski definition) is 5. The highest BCUT2D eigenvalue weighted by atomic mass is 32.1. The predicted molar refractivity (Wildman–Crippen MR) is 98.7 cm³/mol. The van der Waals surface area contributed by atoms with Gasteiger partial charge in [-0.05, 0) is 40.8 Å². The molecule has 1 aliphatic rings. The average molecular weight is 354 g/mol. The van der Waals surface area contributed by atoms with Gasteiger partial charge in [-0.2, -0.15) is 0 Å². The second-order valence-corrected chi connectivity index (χ2v) is 7.11. The molecule has 0 fully saturated rings. The van der Waals surface area contributed by atoms with Gasteiger partial charge in [0.1, 0.15) is 5.75 Å². The molecule has 24 heavy (non-hydrogen) atoms. The zero-order valence-electron chi connectivity index (χ0n) is 12.7. The standard InChI is InChI=1S/C18H14N2O2S2/c21-17(6-4-12-3-5-15-13(10-12)7-8-22-15)20-18-19-14(11-24-18)16-2-1-9-23-16/h1-6,9-11H,7-8H2,(H,19,20,21). The number of benzene rings is 1. The van der Waals surface area contributed by atoms with E-state index < -0.39 is 0 Å². The zero-order chi connectivity index (χ0) is 16.4. The number of thiazole rings is 1. The van der Waals surface area contributed by atoms with Gasteiger partial charge >= 0.3 is 0 Å². The number of rotatable bonds is 4. The summed E-state index contributed by atoms with van der Waals surface area (Å²) in [5.41, 5.74) is 3.08. The molecule has 0 saturated heterocycles. The minimum absolute atomic E-state index is 0.182. The van der Waals surface area contributed by atoms with E-state index in [9.17, 15) is 4.79 Å². The van der Waals surface area contributed by atoms with Crippen molar-refractivity contribution in [1.82, 2.24) is 4.98 Å². The number of aromatic nitrogens is 1. The van der Waals surface area contributed by atoms with Crippen LogP contribution in [0, 0.1) is 0 Å². The summed E-state index contributed by atoms with van der Waals surface area (Å²) in [4.78, 5) is 17.6. The van der Waals surface area contributed by atoms with E-state index in [1.807, 2.05) is 41.1 Å². The topological polar surface area (TPSA) is 51.2 Å². The molecular weight excluding hydrogens is 340 g/mol. The summed E-state index contributed by atoms with van der Waals surface area (Å²) < 4.78 is 5.48. The number of ether oxygens (including phenoxy) is 1. The lowest BCUT2D eigenvalue weighted by Gasteiger charge is -2.00. The normalized spacial score (nSPS) is 13.0. The maximum absolute atomic E-state index is 12.1. The highest BCUT2D eigenvalue weighted by molar-refractivity contribution is 7.16. The van der Waals surface area contributed by atoms with E-state index in [0.717, 1.165) is 34.9 Å². The number of nitrogens with one attached hydrogen (secondary N) is 1. The molecule has 0 spiro atoms. The molecule has 0 atom stereocenters. The molecule has 4 nitrogen and oxygen atoms in total. The van der Waals surface area contributed by atoms with Crippen molar-refractivity contribution in [2.24, 2.45) is 0 Å². The Morgan fingerprint density at radius 1 is 1.29 bits per heavy atom. The second-order valence-electron chi connectivity index (χ2n) is 5.30. The lowest BCUT2D eigenvalue weighted by Crippen LogP contribution is -2.07. The van der Waals surface area contributed by atoms with Gasteiger partial charge in [0.05, 0.1) is 17.2 Å². The molecule has 1 aliphatic heterocycles. The highest BCUT2D eigenvalue weighted by Gasteiger charge is 2.11. The van der Waals surface area contributed by atoms with Crippen LogP contribution in [0.1, 0.15) is 11.1 Å². The van der Waals surface area contributed by atoms with Gasteiger partial charge in [-0.15, -0.1) is 22.7 Å². The molecule has 0 saturated carbocycles. The maximum Gasteiger partial charge on any atom is 0.250 e. The SMILES string of the molecule is O=C(C=Cc1ccc2c(c1)CCO2)Nc1nc(-c2cccs2)cs1. The average Bonchev–Trinajstić information content (AvgIpc) is 3.32. The number of carbonyl (C=O) groups excluding carboxylic acids is 1. The summed E-state index contributed by atoms with van der Waals surface area (Å²) in [5, 5.41) is 7.38. The number of hydrogen-bond donors (Lipinski definition) is 1. The Morgan fingerprint density at radius 2 is 2.25 bits per heavy atom. The maximum atomic E-state index is 12.1. The minimum atomic E-state index is -0.182. The third kappa shape index (κ3) is 3.25. The summed E-state index contributed by atoms with van der Waals surface area (Å²) >= 11 is 3.06. The van der Waals surface area contributed by atoms with E-state index in [1.54, 1.807) is 11.3 Å². The number of amides is 1. The van der Waals surface area contributed by atoms with Crippen LogP contribution in [-0.2, 0) is 11.2 Å². The monoisotopic (exact) mass is 354 g/mol. The molecule has 1 aromatic carbocycles. The van der Waals surface area contributed by atoms with Crippen LogP contribution in [0.15, 0.2) is 47.2 Å². The molecule has 120 valence electrons. The Labute approximate surface area is 147 Å². The molecule has 0 bridgehead atoms. The fraction of sp³-hybridized carbons (Fsp3) is 0.111. The Morgan fingerprint density at radius 3 is 3.12 bits per heavy atom. The molecular formula is C18H14N2O2S2. The molecule has 2 aromatic heterocycles. The Bertz CT molecular complexity index is 898. The third-order valence-corrected chi connectivity index (χ3v) is 5.30. The third-order valence-electron chi connectivity index (χ3n) is 3.65. The number of nitrogens with zero attached hydrogens (tertiary/aromatic N) is 1. The van der Waals surface area contributed by atoms with E-state index in [1.165, 1.54) is 23.0 Å². The van der Waals surface area contributed by atoms with Crippen LogP contribution in [-0.4, -0.2) is 17.5 Å². The quantitative estimate of drug-likeness (QED) is 0.704. The molecule has 6 heteroatoms. The summed E-state index contributed by atoms with van der Waals surface area (Å²) in [6, 6.07) is 9.97. The fourth-order valence-electron chi connectivity index (χ4n) is 2.50. The van der Waals surface area contributed by atoms with E-state index >= 15 is 0 Å². The largest absolute Gasteiger partial charge is 0.493 e. The van der Waals surface area contributed by atoms with E-state index in [0.29, 0.717) is 5.13 Å². The van der Waals surface area contributed by atoms with Crippen LogP contribution in [0.5, 0.6) is 5.75 Å². The summed E-state index contributed by atoms with van der Waals surface area (Å²) in [6.07, 6.45) is 4.26. The fourth-order valence-corrected chi connectivity index (χ4v) is 3.97. The van der Waals surface area contributed by atoms with Crippen molar-refractivity contribution in [2.75, 3.05) is 11.9 Å². The van der Waals surface area contributed by atoms with E-state index in [4.69, 9.17) is 4.74 Å². The first-order valence-corrected chi connectivity index (χ1v) is 9.28. The molecule has 3 heterocycles. The molecule has 0 radical (unpaired) electrons. The van der Waals surface area contributed by atoms with Crippen LogP contribution < -0.4 is 10.1 Å². The van der Waals surface area contributed by atoms with Crippen LogP contribution in [0.4, 0.5) is 5.13 Å². The van der Waals surface area contributed by atoms with E-state index in [-0.39, 0.29) is 5.91 Å². The van der Waals surface area contributed by atoms with Gasteiger partial charge in [0.2, 0.25) is 5.91 Å². The first-order chi connectivity index (χ1) is 11.8. The Kier molecular flexibility index (Phi) is 4.15. The first kappa shape index (κ1) is 15.1. The van der Waals surface area contributed by atoms with Crippen molar-refractivity contribution >= 4 is 39.8 Å².